The fraction of sp³-hybridized carbons (Fsp3) is 0. The summed E-state index contributed by atoms with van der Waals surface area (Å²) < 4.78 is 28.2. The van der Waals surface area contributed by atoms with Crippen LogP contribution in [-0.4, -0.2) is 23.4 Å². The average molecular weight is 252 g/mol. The van der Waals surface area contributed by atoms with Gasteiger partial charge in [-0.25, -0.2) is 15.0 Å². The molecule has 0 aliphatic carbocycles. The van der Waals surface area contributed by atoms with Crippen molar-refractivity contribution in [1.82, 2.24) is 15.0 Å². The molecule has 0 aliphatic heterocycles. The van der Waals surface area contributed by atoms with E-state index in [1.165, 1.54) is 24.3 Å². The van der Waals surface area contributed by atoms with Crippen LogP contribution in [0, 0.1) is 0 Å². The summed E-state index contributed by atoms with van der Waals surface area (Å²) in [5.41, 5.74) is 5.97. The monoisotopic (exact) mass is 252 g/mol. The van der Waals surface area contributed by atoms with Crippen molar-refractivity contribution in [3.63, 3.8) is 0 Å². The zero-order valence-electron chi connectivity index (χ0n) is 8.52. The van der Waals surface area contributed by atoms with E-state index in [9.17, 15) is 8.42 Å². The van der Waals surface area contributed by atoms with E-state index in [4.69, 9.17) is 9.92 Å². The van der Waals surface area contributed by atoms with Gasteiger partial charge in [-0.1, -0.05) is 0 Å². The summed E-state index contributed by atoms with van der Waals surface area (Å²) >= 11 is 0. The first-order valence-corrected chi connectivity index (χ1v) is 5.91. The Morgan fingerprint density at radius 3 is 2.24 bits per heavy atom. The topological polar surface area (TPSA) is 108 Å². The standard InChI is InChI=1S/C9H8N4O3S/c10-7-1-3-8(4-2-7)16-17(14,15)9-12-5-11-6-13-9/h1-6H,10H2. The summed E-state index contributed by atoms with van der Waals surface area (Å²) in [4.78, 5) is 10.5. The number of benzene rings is 1. The molecule has 1 aromatic heterocycles. The molecule has 0 unspecified atom stereocenters. The van der Waals surface area contributed by atoms with Crippen LogP contribution in [0.15, 0.2) is 42.1 Å². The van der Waals surface area contributed by atoms with Crippen molar-refractivity contribution in [3.8, 4) is 5.75 Å². The van der Waals surface area contributed by atoms with Gasteiger partial charge in [0.05, 0.1) is 0 Å². The maximum Gasteiger partial charge on any atom is 0.375 e. The van der Waals surface area contributed by atoms with Gasteiger partial charge in [-0.05, 0) is 24.3 Å². The van der Waals surface area contributed by atoms with E-state index in [-0.39, 0.29) is 5.75 Å². The molecule has 0 radical (unpaired) electrons. The molecule has 0 spiro atoms. The van der Waals surface area contributed by atoms with Crippen molar-refractivity contribution >= 4 is 15.8 Å². The third-order valence-corrected chi connectivity index (χ3v) is 2.85. The highest BCUT2D eigenvalue weighted by atomic mass is 32.2. The molecule has 0 atom stereocenters. The Morgan fingerprint density at radius 1 is 1.06 bits per heavy atom. The van der Waals surface area contributed by atoms with Gasteiger partial charge < -0.3 is 9.92 Å². The van der Waals surface area contributed by atoms with Crippen molar-refractivity contribution in [1.29, 1.82) is 0 Å². The molecule has 0 aliphatic rings. The SMILES string of the molecule is Nc1ccc(OS(=O)(=O)c2ncncn2)cc1. The third kappa shape index (κ3) is 2.67. The Balaban J connectivity index is 2.27. The number of hydrogen-bond acceptors (Lipinski definition) is 7. The highest BCUT2D eigenvalue weighted by molar-refractivity contribution is 7.86. The first-order chi connectivity index (χ1) is 8.08. The molecule has 0 amide bonds. The average Bonchev–Trinajstić information content (AvgIpc) is 2.33. The van der Waals surface area contributed by atoms with Crippen molar-refractivity contribution in [3.05, 3.63) is 36.9 Å². The largest absolute Gasteiger partial charge is 0.399 e. The molecule has 0 saturated carbocycles. The lowest BCUT2D eigenvalue weighted by atomic mass is 10.3. The lowest BCUT2D eigenvalue weighted by Gasteiger charge is -2.04. The quantitative estimate of drug-likeness (QED) is 0.614. The highest BCUT2D eigenvalue weighted by Crippen LogP contribution is 2.17. The van der Waals surface area contributed by atoms with Crippen LogP contribution in [0.1, 0.15) is 0 Å². The van der Waals surface area contributed by atoms with Gasteiger partial charge in [0.1, 0.15) is 18.4 Å². The molecule has 1 aromatic carbocycles. The Kier molecular flexibility index (Phi) is 2.88. The lowest BCUT2D eigenvalue weighted by Crippen LogP contribution is -2.13. The second-order valence-corrected chi connectivity index (χ2v) is 4.47. The molecule has 2 aromatic rings. The van der Waals surface area contributed by atoms with Gasteiger partial charge in [-0.15, -0.1) is 0 Å². The number of hydrogen-bond donors (Lipinski definition) is 1. The summed E-state index contributed by atoms with van der Waals surface area (Å²) in [5, 5.41) is -0.440. The van der Waals surface area contributed by atoms with E-state index in [1.807, 2.05) is 0 Å². The number of nitrogens with two attached hydrogens (primary N) is 1. The van der Waals surface area contributed by atoms with Gasteiger partial charge in [0.2, 0.25) is 0 Å². The first-order valence-electron chi connectivity index (χ1n) is 4.50. The number of anilines is 1. The summed E-state index contributed by atoms with van der Waals surface area (Å²) in [6.07, 6.45) is 2.15. The van der Waals surface area contributed by atoms with E-state index >= 15 is 0 Å². The Bertz CT molecular complexity index is 598. The van der Waals surface area contributed by atoms with Crippen LogP contribution in [-0.2, 0) is 10.1 Å². The molecule has 7 nitrogen and oxygen atoms in total. The molecule has 0 bridgehead atoms. The van der Waals surface area contributed by atoms with Gasteiger partial charge >= 0.3 is 10.1 Å². The minimum Gasteiger partial charge on any atom is -0.399 e. The van der Waals surface area contributed by atoms with Gasteiger partial charge in [0.15, 0.2) is 0 Å². The predicted octanol–water partition coefficient (Wildman–Crippen LogP) is 0.222. The summed E-state index contributed by atoms with van der Waals surface area (Å²) in [6, 6.07) is 5.93. The third-order valence-electron chi connectivity index (χ3n) is 1.78. The van der Waals surface area contributed by atoms with Gasteiger partial charge in [0.25, 0.3) is 5.16 Å². The fourth-order valence-electron chi connectivity index (χ4n) is 1.05. The zero-order chi connectivity index (χ0) is 12.3. The molecule has 2 rings (SSSR count). The minimum atomic E-state index is -4.03. The molecule has 0 saturated heterocycles. The summed E-state index contributed by atoms with van der Waals surface area (Å²) in [5.74, 6) is 0.139. The lowest BCUT2D eigenvalue weighted by molar-refractivity contribution is 0.476. The van der Waals surface area contributed by atoms with Crippen LogP contribution in [0.5, 0.6) is 5.75 Å². The van der Waals surface area contributed by atoms with Crippen LogP contribution in [0.2, 0.25) is 0 Å². The second kappa shape index (κ2) is 4.34. The molecule has 8 heteroatoms. The maximum atomic E-state index is 11.7. The van der Waals surface area contributed by atoms with Crippen LogP contribution in [0.4, 0.5) is 5.69 Å². The second-order valence-electron chi connectivity index (χ2n) is 3.03. The van der Waals surface area contributed by atoms with E-state index in [2.05, 4.69) is 15.0 Å². The number of rotatable bonds is 3. The van der Waals surface area contributed by atoms with Gasteiger partial charge in [-0.2, -0.15) is 8.42 Å². The van der Waals surface area contributed by atoms with Crippen molar-refractivity contribution in [2.75, 3.05) is 5.73 Å². The van der Waals surface area contributed by atoms with Crippen molar-refractivity contribution in [2.24, 2.45) is 0 Å². The van der Waals surface area contributed by atoms with E-state index in [0.717, 1.165) is 12.7 Å². The summed E-state index contributed by atoms with van der Waals surface area (Å²) in [6.45, 7) is 0. The molecule has 88 valence electrons. The molecule has 2 N–H and O–H groups in total. The van der Waals surface area contributed by atoms with E-state index in [1.54, 1.807) is 0 Å². The first kappa shape index (κ1) is 11.3. The fourth-order valence-corrected chi connectivity index (χ4v) is 1.84. The number of nitrogens with zero attached hydrogens (tertiary/aromatic N) is 3. The van der Waals surface area contributed by atoms with Crippen LogP contribution in [0.25, 0.3) is 0 Å². The van der Waals surface area contributed by atoms with Crippen LogP contribution in [0.3, 0.4) is 0 Å². The number of aromatic nitrogens is 3. The minimum absolute atomic E-state index is 0.139. The molecular weight excluding hydrogens is 244 g/mol. The van der Waals surface area contributed by atoms with E-state index in [0.29, 0.717) is 5.69 Å². The van der Waals surface area contributed by atoms with Crippen LogP contribution >= 0.6 is 0 Å². The molecule has 17 heavy (non-hydrogen) atoms. The Hall–Kier alpha value is -2.22. The number of nitrogen functional groups attached to an aromatic ring is 1. The Morgan fingerprint density at radius 2 is 1.65 bits per heavy atom. The molecular formula is C9H8N4O3S. The molecule has 1 heterocycles. The van der Waals surface area contributed by atoms with Crippen LogP contribution < -0.4 is 9.92 Å². The zero-order valence-corrected chi connectivity index (χ0v) is 9.33. The van der Waals surface area contributed by atoms with Gasteiger partial charge in [-0.3, -0.25) is 0 Å². The smallest absolute Gasteiger partial charge is 0.375 e. The highest BCUT2D eigenvalue weighted by Gasteiger charge is 2.19. The Labute approximate surface area is 97.4 Å². The molecule has 0 fully saturated rings. The van der Waals surface area contributed by atoms with E-state index < -0.39 is 15.3 Å². The maximum absolute atomic E-state index is 11.7. The van der Waals surface area contributed by atoms with Crippen molar-refractivity contribution in [2.45, 2.75) is 5.16 Å². The van der Waals surface area contributed by atoms with Gasteiger partial charge in [0, 0.05) is 5.69 Å². The van der Waals surface area contributed by atoms with Crippen molar-refractivity contribution < 1.29 is 12.6 Å². The predicted molar refractivity (Wildman–Crippen MR) is 58.5 cm³/mol. The summed E-state index contributed by atoms with van der Waals surface area (Å²) in [7, 11) is -4.03. The normalized spacial score (nSPS) is 11.1.